The van der Waals surface area contributed by atoms with Crippen LogP contribution in [0.25, 0.3) is 10.9 Å². The molecule has 0 radical (unpaired) electrons. The van der Waals surface area contributed by atoms with Gasteiger partial charge in [0.25, 0.3) is 0 Å². The molecule has 1 N–H and O–H groups in total. The van der Waals surface area contributed by atoms with E-state index in [2.05, 4.69) is 41.1 Å². The van der Waals surface area contributed by atoms with Gasteiger partial charge >= 0.3 is 0 Å². The Balaban J connectivity index is 1.87. The van der Waals surface area contributed by atoms with Crippen LogP contribution in [0.1, 0.15) is 37.1 Å². The van der Waals surface area contributed by atoms with Crippen molar-refractivity contribution in [3.8, 4) is 0 Å². The average molecular weight is 254 g/mol. The summed E-state index contributed by atoms with van der Waals surface area (Å²) in [7, 11) is 0. The number of fused-ring (bicyclic) bond motifs is 5. The zero-order valence-corrected chi connectivity index (χ0v) is 11.1. The molecule has 1 fully saturated rings. The summed E-state index contributed by atoms with van der Waals surface area (Å²) < 4.78 is 0. The molecular formula is C16H18N2O. The van der Waals surface area contributed by atoms with Gasteiger partial charge in [0.05, 0.1) is 6.04 Å². The van der Waals surface area contributed by atoms with Crippen LogP contribution >= 0.6 is 0 Å². The first-order valence-electron chi connectivity index (χ1n) is 7.13. The van der Waals surface area contributed by atoms with E-state index in [0.717, 1.165) is 19.4 Å². The largest absolute Gasteiger partial charge is 0.356 e. The highest BCUT2D eigenvalue weighted by molar-refractivity contribution is 5.86. The van der Waals surface area contributed by atoms with E-state index in [9.17, 15) is 4.79 Å². The molecule has 1 saturated heterocycles. The number of piperidine rings is 1. The Kier molecular flexibility index (Phi) is 2.25. The van der Waals surface area contributed by atoms with Crippen molar-refractivity contribution in [2.24, 2.45) is 5.92 Å². The number of nitrogens with zero attached hydrogens (tertiary/aromatic N) is 1. The molecule has 0 saturated carbocycles. The van der Waals surface area contributed by atoms with E-state index in [1.54, 1.807) is 0 Å². The molecule has 3 nitrogen and oxygen atoms in total. The molecule has 0 unspecified atom stereocenters. The van der Waals surface area contributed by atoms with Gasteiger partial charge in [0.2, 0.25) is 5.91 Å². The Morgan fingerprint density at radius 1 is 1.32 bits per heavy atom. The summed E-state index contributed by atoms with van der Waals surface area (Å²) in [6, 6.07) is 8.75. The predicted molar refractivity (Wildman–Crippen MR) is 74.9 cm³/mol. The Morgan fingerprint density at radius 3 is 3.05 bits per heavy atom. The van der Waals surface area contributed by atoms with E-state index in [1.165, 1.54) is 22.2 Å². The van der Waals surface area contributed by atoms with Crippen LogP contribution in [0.4, 0.5) is 0 Å². The second-order valence-electron chi connectivity index (χ2n) is 5.96. The quantitative estimate of drug-likeness (QED) is 0.770. The number of carbonyl (C=O) groups is 1. The number of rotatable bonds is 0. The molecule has 3 heteroatoms. The molecule has 19 heavy (non-hydrogen) atoms. The molecule has 2 aromatic rings. The van der Waals surface area contributed by atoms with Gasteiger partial charge < -0.3 is 9.88 Å². The van der Waals surface area contributed by atoms with Gasteiger partial charge in [0, 0.05) is 29.6 Å². The molecular weight excluding hydrogens is 236 g/mol. The number of aromatic nitrogens is 1. The Morgan fingerprint density at radius 2 is 2.16 bits per heavy atom. The van der Waals surface area contributed by atoms with Crippen LogP contribution in [0.15, 0.2) is 24.3 Å². The molecule has 0 aliphatic carbocycles. The lowest BCUT2D eigenvalue weighted by Gasteiger charge is -2.41. The normalized spacial score (nSPS) is 26.4. The van der Waals surface area contributed by atoms with E-state index in [-0.39, 0.29) is 6.04 Å². The van der Waals surface area contributed by atoms with E-state index in [4.69, 9.17) is 0 Å². The molecule has 0 spiro atoms. The van der Waals surface area contributed by atoms with Crippen molar-refractivity contribution in [1.82, 2.24) is 9.88 Å². The van der Waals surface area contributed by atoms with Crippen molar-refractivity contribution < 1.29 is 4.79 Å². The molecule has 4 rings (SSSR count). The minimum atomic E-state index is 0.271. The number of hydrogen-bond donors (Lipinski definition) is 1. The summed E-state index contributed by atoms with van der Waals surface area (Å²) in [5.41, 5.74) is 3.92. The Bertz CT molecular complexity index is 658. The highest BCUT2D eigenvalue weighted by Crippen LogP contribution is 2.41. The number of amides is 1. The van der Waals surface area contributed by atoms with Crippen LogP contribution in [0.5, 0.6) is 0 Å². The summed E-state index contributed by atoms with van der Waals surface area (Å²) in [6.07, 6.45) is 2.79. The summed E-state index contributed by atoms with van der Waals surface area (Å²) in [4.78, 5) is 17.8. The molecule has 98 valence electrons. The van der Waals surface area contributed by atoms with Crippen molar-refractivity contribution in [3.63, 3.8) is 0 Å². The lowest BCUT2D eigenvalue weighted by Crippen LogP contribution is -2.44. The topological polar surface area (TPSA) is 36.1 Å². The van der Waals surface area contributed by atoms with Gasteiger partial charge in [-0.1, -0.05) is 25.1 Å². The number of benzene rings is 1. The van der Waals surface area contributed by atoms with E-state index < -0.39 is 0 Å². The molecule has 2 aliphatic heterocycles. The Labute approximate surface area is 112 Å². The molecule has 1 aromatic carbocycles. The Hall–Kier alpha value is -1.77. The van der Waals surface area contributed by atoms with Crippen LogP contribution in [0.2, 0.25) is 0 Å². The number of nitrogens with one attached hydrogen (secondary N) is 1. The molecule has 1 aromatic heterocycles. The van der Waals surface area contributed by atoms with Crippen LogP contribution in [-0.4, -0.2) is 22.3 Å². The zero-order valence-electron chi connectivity index (χ0n) is 11.1. The maximum absolute atomic E-state index is 12.2. The minimum Gasteiger partial charge on any atom is -0.356 e. The van der Waals surface area contributed by atoms with Crippen molar-refractivity contribution in [2.75, 3.05) is 6.54 Å². The molecule has 2 atom stereocenters. The van der Waals surface area contributed by atoms with Gasteiger partial charge in [-0.15, -0.1) is 0 Å². The third-order valence-corrected chi connectivity index (χ3v) is 4.63. The third kappa shape index (κ3) is 1.54. The number of H-pyrrole nitrogens is 1. The third-order valence-electron chi connectivity index (χ3n) is 4.63. The number of carbonyl (C=O) groups excluding carboxylic acids is 1. The zero-order chi connectivity index (χ0) is 13.0. The maximum Gasteiger partial charge on any atom is 0.223 e. The monoisotopic (exact) mass is 254 g/mol. The first-order chi connectivity index (χ1) is 9.24. The number of hydrogen-bond acceptors (Lipinski definition) is 1. The number of aromatic amines is 1. The van der Waals surface area contributed by atoms with E-state index in [0.29, 0.717) is 18.2 Å². The summed E-state index contributed by atoms with van der Waals surface area (Å²) in [6.45, 7) is 3.07. The van der Waals surface area contributed by atoms with Crippen molar-refractivity contribution in [2.45, 2.75) is 32.2 Å². The highest BCUT2D eigenvalue weighted by Gasteiger charge is 2.37. The van der Waals surface area contributed by atoms with Gasteiger partial charge in [0.1, 0.15) is 0 Å². The fourth-order valence-corrected chi connectivity index (χ4v) is 3.74. The molecule has 0 bridgehead atoms. The van der Waals surface area contributed by atoms with Crippen molar-refractivity contribution in [1.29, 1.82) is 0 Å². The second kappa shape index (κ2) is 3.86. The summed E-state index contributed by atoms with van der Waals surface area (Å²) in [5.74, 6) is 0.819. The summed E-state index contributed by atoms with van der Waals surface area (Å²) >= 11 is 0. The molecule has 3 heterocycles. The standard InChI is InChI=1S/C16H18N2O/c1-10-8-14-16-12(6-7-18(14)15(19)9-10)11-4-2-3-5-13(11)17-16/h2-5,10,14,17H,6-9H2,1H3/t10-,14-/m1/s1. The number of para-hydroxylation sites is 1. The second-order valence-corrected chi connectivity index (χ2v) is 5.96. The SMILES string of the molecule is C[C@H]1CC(=O)N2CCc3c([nH]c4ccccc34)[C@H]2C1. The lowest BCUT2D eigenvalue weighted by molar-refractivity contribution is -0.139. The van der Waals surface area contributed by atoms with Crippen LogP contribution in [-0.2, 0) is 11.2 Å². The lowest BCUT2D eigenvalue weighted by atomic mass is 9.85. The van der Waals surface area contributed by atoms with Crippen LogP contribution in [0.3, 0.4) is 0 Å². The fourth-order valence-electron chi connectivity index (χ4n) is 3.74. The maximum atomic E-state index is 12.2. The van der Waals surface area contributed by atoms with Gasteiger partial charge in [-0.25, -0.2) is 0 Å². The van der Waals surface area contributed by atoms with E-state index in [1.807, 2.05) is 0 Å². The fraction of sp³-hybridized carbons (Fsp3) is 0.438. The predicted octanol–water partition coefficient (Wildman–Crippen LogP) is 3.02. The van der Waals surface area contributed by atoms with Crippen LogP contribution in [0, 0.1) is 5.92 Å². The first kappa shape index (κ1) is 11.1. The first-order valence-corrected chi connectivity index (χ1v) is 7.13. The average Bonchev–Trinajstić information content (AvgIpc) is 2.77. The summed E-state index contributed by atoms with van der Waals surface area (Å²) in [5, 5.41) is 1.34. The van der Waals surface area contributed by atoms with Crippen LogP contribution < -0.4 is 0 Å². The molecule has 2 aliphatic rings. The van der Waals surface area contributed by atoms with Gasteiger partial charge in [-0.05, 0) is 30.4 Å². The minimum absolute atomic E-state index is 0.271. The van der Waals surface area contributed by atoms with Crippen molar-refractivity contribution >= 4 is 16.8 Å². The van der Waals surface area contributed by atoms with Gasteiger partial charge in [-0.2, -0.15) is 0 Å². The highest BCUT2D eigenvalue weighted by atomic mass is 16.2. The van der Waals surface area contributed by atoms with Gasteiger partial charge in [0.15, 0.2) is 0 Å². The smallest absolute Gasteiger partial charge is 0.223 e. The van der Waals surface area contributed by atoms with Gasteiger partial charge in [-0.3, -0.25) is 4.79 Å². The van der Waals surface area contributed by atoms with Crippen molar-refractivity contribution in [3.05, 3.63) is 35.5 Å². The molecule has 1 amide bonds. The van der Waals surface area contributed by atoms with E-state index >= 15 is 0 Å².